The standard InChI is InChI=1S/C13H13ClN2O2/c1-17-13-9(10-6-11(15)18-16-10)5-7-3-2-4-8(7)12(13)14/h5-6H,2-4,15H2,1H3. The topological polar surface area (TPSA) is 61.3 Å². The van der Waals surface area contributed by atoms with Crippen LogP contribution in [0, 0.1) is 0 Å². The van der Waals surface area contributed by atoms with Crippen LogP contribution in [0.5, 0.6) is 5.75 Å². The third kappa shape index (κ3) is 1.64. The second-order valence-corrected chi connectivity index (χ2v) is 4.76. The predicted octanol–water partition coefficient (Wildman–Crippen LogP) is 3.07. The Morgan fingerprint density at radius 1 is 1.39 bits per heavy atom. The summed E-state index contributed by atoms with van der Waals surface area (Å²) in [6.45, 7) is 0. The van der Waals surface area contributed by atoms with Gasteiger partial charge in [0.1, 0.15) is 11.4 Å². The smallest absolute Gasteiger partial charge is 0.222 e. The molecule has 0 amide bonds. The molecule has 0 saturated carbocycles. The van der Waals surface area contributed by atoms with Crippen LogP contribution in [-0.2, 0) is 12.8 Å². The highest BCUT2D eigenvalue weighted by atomic mass is 35.5. The fraction of sp³-hybridized carbons (Fsp3) is 0.308. The summed E-state index contributed by atoms with van der Waals surface area (Å²) in [5, 5.41) is 4.61. The van der Waals surface area contributed by atoms with E-state index in [1.807, 2.05) is 0 Å². The number of fused-ring (bicyclic) bond motifs is 1. The van der Waals surface area contributed by atoms with Gasteiger partial charge < -0.3 is 15.0 Å². The van der Waals surface area contributed by atoms with Crippen molar-refractivity contribution in [2.75, 3.05) is 12.8 Å². The minimum absolute atomic E-state index is 0.281. The van der Waals surface area contributed by atoms with Crippen LogP contribution in [0.4, 0.5) is 5.88 Å². The summed E-state index contributed by atoms with van der Waals surface area (Å²) < 4.78 is 10.3. The lowest BCUT2D eigenvalue weighted by atomic mass is 10.0. The maximum Gasteiger partial charge on any atom is 0.222 e. The van der Waals surface area contributed by atoms with Gasteiger partial charge in [0.05, 0.1) is 12.1 Å². The molecule has 0 saturated heterocycles. The Balaban J connectivity index is 2.23. The van der Waals surface area contributed by atoms with E-state index in [0.717, 1.165) is 24.8 Å². The molecule has 94 valence electrons. The highest BCUT2D eigenvalue weighted by Crippen LogP contribution is 2.43. The molecule has 2 aromatic rings. The third-order valence-corrected chi connectivity index (χ3v) is 3.70. The average molecular weight is 265 g/mol. The van der Waals surface area contributed by atoms with Gasteiger partial charge in [0, 0.05) is 11.6 Å². The number of halogens is 1. The van der Waals surface area contributed by atoms with Crippen LogP contribution >= 0.6 is 11.6 Å². The molecule has 0 atom stereocenters. The van der Waals surface area contributed by atoms with Gasteiger partial charge in [-0.05, 0) is 36.5 Å². The monoisotopic (exact) mass is 264 g/mol. The van der Waals surface area contributed by atoms with Gasteiger partial charge in [-0.2, -0.15) is 0 Å². The van der Waals surface area contributed by atoms with Crippen LogP contribution in [0.25, 0.3) is 11.3 Å². The van der Waals surface area contributed by atoms with Crippen molar-refractivity contribution >= 4 is 17.5 Å². The van der Waals surface area contributed by atoms with Crippen molar-refractivity contribution < 1.29 is 9.26 Å². The minimum atomic E-state index is 0.281. The van der Waals surface area contributed by atoms with Crippen molar-refractivity contribution in [2.45, 2.75) is 19.3 Å². The lowest BCUT2D eigenvalue weighted by molar-refractivity contribution is 0.413. The Bertz CT molecular complexity index is 607. The molecular formula is C13H13ClN2O2. The van der Waals surface area contributed by atoms with Gasteiger partial charge in [-0.25, -0.2) is 0 Å². The van der Waals surface area contributed by atoms with Crippen molar-refractivity contribution in [1.29, 1.82) is 0 Å². The fourth-order valence-corrected chi connectivity index (χ4v) is 2.87. The third-order valence-electron chi connectivity index (χ3n) is 3.30. The largest absolute Gasteiger partial charge is 0.494 e. The SMILES string of the molecule is COc1c(-c2cc(N)on2)cc2c(c1Cl)CCC2. The maximum atomic E-state index is 6.40. The fourth-order valence-electron chi connectivity index (χ4n) is 2.48. The summed E-state index contributed by atoms with van der Waals surface area (Å²) in [6.07, 6.45) is 3.17. The number of hydrogen-bond donors (Lipinski definition) is 1. The molecule has 1 aliphatic rings. The molecule has 0 radical (unpaired) electrons. The van der Waals surface area contributed by atoms with Crippen molar-refractivity contribution in [1.82, 2.24) is 5.16 Å². The molecule has 0 spiro atoms. The van der Waals surface area contributed by atoms with E-state index >= 15 is 0 Å². The number of hydrogen-bond acceptors (Lipinski definition) is 4. The molecule has 1 aromatic heterocycles. The van der Waals surface area contributed by atoms with E-state index in [0.29, 0.717) is 16.5 Å². The second-order valence-electron chi connectivity index (χ2n) is 4.38. The second kappa shape index (κ2) is 4.21. The van der Waals surface area contributed by atoms with Gasteiger partial charge in [-0.15, -0.1) is 0 Å². The number of nitrogens with two attached hydrogens (primary N) is 1. The molecule has 18 heavy (non-hydrogen) atoms. The number of rotatable bonds is 2. The molecule has 5 heteroatoms. The van der Waals surface area contributed by atoms with E-state index < -0.39 is 0 Å². The number of nitrogens with zero attached hydrogens (tertiary/aromatic N) is 1. The summed E-state index contributed by atoms with van der Waals surface area (Å²) in [6, 6.07) is 3.75. The molecule has 1 aliphatic carbocycles. The first kappa shape index (κ1) is 11.4. The number of benzene rings is 1. The van der Waals surface area contributed by atoms with Gasteiger partial charge in [0.15, 0.2) is 0 Å². The maximum absolute atomic E-state index is 6.40. The molecule has 1 aromatic carbocycles. The molecule has 1 heterocycles. The van der Waals surface area contributed by atoms with Gasteiger partial charge in [0.2, 0.25) is 5.88 Å². The van der Waals surface area contributed by atoms with E-state index in [2.05, 4.69) is 11.2 Å². The summed E-state index contributed by atoms with van der Waals surface area (Å²) in [7, 11) is 1.61. The number of anilines is 1. The Hall–Kier alpha value is -1.68. The normalized spacial score (nSPS) is 13.7. The van der Waals surface area contributed by atoms with Crippen LogP contribution in [0.15, 0.2) is 16.7 Å². The first-order chi connectivity index (χ1) is 8.70. The lowest BCUT2D eigenvalue weighted by Crippen LogP contribution is -1.94. The Morgan fingerprint density at radius 3 is 2.89 bits per heavy atom. The quantitative estimate of drug-likeness (QED) is 0.905. The van der Waals surface area contributed by atoms with E-state index in [9.17, 15) is 0 Å². The molecular weight excluding hydrogens is 252 g/mol. The molecule has 0 bridgehead atoms. The van der Waals surface area contributed by atoms with Crippen LogP contribution in [0.2, 0.25) is 5.02 Å². The Kier molecular flexibility index (Phi) is 2.67. The number of methoxy groups -OCH3 is 1. The molecule has 2 N–H and O–H groups in total. The van der Waals surface area contributed by atoms with Crippen LogP contribution in [-0.4, -0.2) is 12.3 Å². The number of nitrogen functional groups attached to an aromatic ring is 1. The van der Waals surface area contributed by atoms with E-state index in [1.54, 1.807) is 13.2 Å². The van der Waals surface area contributed by atoms with Crippen molar-refractivity contribution in [2.24, 2.45) is 0 Å². The number of aryl methyl sites for hydroxylation is 1. The molecule has 0 aliphatic heterocycles. The van der Waals surface area contributed by atoms with Crippen molar-refractivity contribution in [3.63, 3.8) is 0 Å². The first-order valence-electron chi connectivity index (χ1n) is 5.81. The van der Waals surface area contributed by atoms with Crippen LogP contribution in [0.3, 0.4) is 0 Å². The predicted molar refractivity (Wildman–Crippen MR) is 69.9 cm³/mol. The van der Waals surface area contributed by atoms with Gasteiger partial charge >= 0.3 is 0 Å². The average Bonchev–Trinajstić information content (AvgIpc) is 2.97. The molecule has 0 unspecified atom stereocenters. The van der Waals surface area contributed by atoms with Gasteiger partial charge in [-0.3, -0.25) is 0 Å². The molecule has 0 fully saturated rings. The van der Waals surface area contributed by atoms with Gasteiger partial charge in [0.25, 0.3) is 0 Å². The summed E-state index contributed by atoms with van der Waals surface area (Å²) >= 11 is 6.40. The first-order valence-corrected chi connectivity index (χ1v) is 6.19. The zero-order valence-corrected chi connectivity index (χ0v) is 10.8. The number of aromatic nitrogens is 1. The van der Waals surface area contributed by atoms with Gasteiger partial charge in [-0.1, -0.05) is 16.8 Å². The highest BCUT2D eigenvalue weighted by molar-refractivity contribution is 6.33. The Morgan fingerprint density at radius 2 is 2.22 bits per heavy atom. The Labute approximate surface area is 110 Å². The highest BCUT2D eigenvalue weighted by Gasteiger charge is 2.23. The molecule has 4 nitrogen and oxygen atoms in total. The van der Waals surface area contributed by atoms with Crippen LogP contribution in [0.1, 0.15) is 17.5 Å². The van der Waals surface area contributed by atoms with E-state index in [-0.39, 0.29) is 5.88 Å². The summed E-state index contributed by atoms with van der Waals surface area (Å²) in [5.74, 6) is 0.925. The van der Waals surface area contributed by atoms with Crippen molar-refractivity contribution in [3.05, 3.63) is 28.3 Å². The minimum Gasteiger partial charge on any atom is -0.494 e. The number of ether oxygens (including phenoxy) is 1. The summed E-state index contributed by atoms with van der Waals surface area (Å²) in [4.78, 5) is 0. The van der Waals surface area contributed by atoms with E-state index in [4.69, 9.17) is 26.6 Å². The zero-order valence-electron chi connectivity index (χ0n) is 10.00. The molecule has 3 rings (SSSR count). The van der Waals surface area contributed by atoms with Crippen molar-refractivity contribution in [3.8, 4) is 17.0 Å². The summed E-state index contributed by atoms with van der Waals surface area (Å²) in [5.41, 5.74) is 9.50. The zero-order chi connectivity index (χ0) is 12.7. The van der Waals surface area contributed by atoms with E-state index in [1.165, 1.54) is 11.1 Å². The van der Waals surface area contributed by atoms with Crippen LogP contribution < -0.4 is 10.5 Å². The lowest BCUT2D eigenvalue weighted by Gasteiger charge is -2.12.